The summed E-state index contributed by atoms with van der Waals surface area (Å²) in [6, 6.07) is 23.6. The molecule has 4 rings (SSSR count). The van der Waals surface area contributed by atoms with E-state index in [0.717, 1.165) is 16.8 Å². The van der Waals surface area contributed by atoms with Crippen LogP contribution in [-0.4, -0.2) is 25.5 Å². The number of methoxy groups -OCH3 is 1. The number of ether oxygens (including phenoxy) is 2. The summed E-state index contributed by atoms with van der Waals surface area (Å²) in [7, 11) is 1.54. The molecule has 0 saturated heterocycles. The maximum absolute atomic E-state index is 13.8. The highest BCUT2D eigenvalue weighted by Gasteiger charge is 2.14. The van der Waals surface area contributed by atoms with Gasteiger partial charge in [0.25, 0.3) is 5.91 Å². The van der Waals surface area contributed by atoms with Crippen LogP contribution in [0.5, 0.6) is 17.2 Å². The minimum absolute atomic E-state index is 0.141. The van der Waals surface area contributed by atoms with Crippen LogP contribution in [0.25, 0.3) is 10.8 Å². The van der Waals surface area contributed by atoms with Gasteiger partial charge in [-0.3, -0.25) is 9.59 Å². The summed E-state index contributed by atoms with van der Waals surface area (Å²) in [6.07, 6.45) is 0. The average molecular weight is 444 g/mol. The van der Waals surface area contributed by atoms with Gasteiger partial charge in [0.1, 0.15) is 17.3 Å². The third kappa shape index (κ3) is 5.27. The molecule has 0 atom stereocenters. The Morgan fingerprint density at radius 2 is 1.64 bits per heavy atom. The number of hydrogen-bond donors (Lipinski definition) is 2. The summed E-state index contributed by atoms with van der Waals surface area (Å²) >= 11 is 0. The molecule has 0 aliphatic heterocycles. The highest BCUT2D eigenvalue weighted by atomic mass is 19.1. The molecule has 0 fully saturated rings. The minimum atomic E-state index is -0.539. The average Bonchev–Trinajstić information content (AvgIpc) is 2.84. The third-order valence-corrected chi connectivity index (χ3v) is 4.93. The van der Waals surface area contributed by atoms with Crippen LogP contribution in [-0.2, 0) is 4.79 Å². The molecule has 0 radical (unpaired) electrons. The fraction of sp³-hybridized carbons (Fsp3) is 0.0769. The first-order valence-electron chi connectivity index (χ1n) is 10.2. The summed E-state index contributed by atoms with van der Waals surface area (Å²) < 4.78 is 24.8. The van der Waals surface area contributed by atoms with Crippen molar-refractivity contribution in [1.82, 2.24) is 5.32 Å². The van der Waals surface area contributed by atoms with Crippen LogP contribution in [0.1, 0.15) is 10.4 Å². The van der Waals surface area contributed by atoms with Crippen molar-refractivity contribution in [3.05, 3.63) is 96.3 Å². The van der Waals surface area contributed by atoms with Crippen molar-refractivity contribution in [2.75, 3.05) is 19.0 Å². The van der Waals surface area contributed by atoms with E-state index < -0.39 is 11.7 Å². The van der Waals surface area contributed by atoms with Crippen LogP contribution in [0.3, 0.4) is 0 Å². The van der Waals surface area contributed by atoms with Gasteiger partial charge in [0.2, 0.25) is 5.91 Å². The number of hydrogen-bond acceptors (Lipinski definition) is 4. The Kier molecular flexibility index (Phi) is 6.50. The largest absolute Gasteiger partial charge is 0.497 e. The molecule has 0 unspecified atom stereocenters. The summed E-state index contributed by atoms with van der Waals surface area (Å²) in [4.78, 5) is 25.2. The topological polar surface area (TPSA) is 76.7 Å². The summed E-state index contributed by atoms with van der Waals surface area (Å²) in [5.41, 5.74) is 0.607. The second-order valence-electron chi connectivity index (χ2n) is 7.18. The standard InChI is InChI=1S/C26H21FN2O4/c1-32-19-8-5-9-20(15-19)33-24-13-12-18(27)14-23(24)29-25(30)16-28-26(31)22-11-4-7-17-6-2-3-10-21(17)22/h2-15H,16H2,1H3,(H,28,31)(H,29,30). The van der Waals surface area contributed by atoms with Crippen molar-refractivity contribution in [1.29, 1.82) is 0 Å². The van der Waals surface area contributed by atoms with Crippen LogP contribution in [0.4, 0.5) is 10.1 Å². The van der Waals surface area contributed by atoms with Gasteiger partial charge in [-0.05, 0) is 41.1 Å². The molecule has 2 amide bonds. The van der Waals surface area contributed by atoms with Gasteiger partial charge < -0.3 is 20.1 Å². The van der Waals surface area contributed by atoms with Crippen LogP contribution >= 0.6 is 0 Å². The fourth-order valence-corrected chi connectivity index (χ4v) is 3.35. The van der Waals surface area contributed by atoms with Crippen molar-refractivity contribution in [2.24, 2.45) is 0 Å². The monoisotopic (exact) mass is 444 g/mol. The molecule has 7 heteroatoms. The maximum Gasteiger partial charge on any atom is 0.252 e. The molecule has 6 nitrogen and oxygen atoms in total. The number of halogens is 1. The molecule has 33 heavy (non-hydrogen) atoms. The van der Waals surface area contributed by atoms with E-state index in [1.165, 1.54) is 19.2 Å². The van der Waals surface area contributed by atoms with Crippen molar-refractivity contribution in [3.8, 4) is 17.2 Å². The molecule has 0 heterocycles. The molecule has 0 saturated carbocycles. The number of rotatable bonds is 7. The van der Waals surface area contributed by atoms with Gasteiger partial charge in [-0.15, -0.1) is 0 Å². The predicted molar refractivity (Wildman–Crippen MR) is 124 cm³/mol. The van der Waals surface area contributed by atoms with E-state index >= 15 is 0 Å². The lowest BCUT2D eigenvalue weighted by Gasteiger charge is -2.13. The van der Waals surface area contributed by atoms with Gasteiger partial charge in [-0.1, -0.05) is 42.5 Å². The number of carbonyl (C=O) groups excluding carboxylic acids is 2. The lowest BCUT2D eigenvalue weighted by Crippen LogP contribution is -2.33. The molecule has 0 bridgehead atoms. The zero-order chi connectivity index (χ0) is 23.2. The second kappa shape index (κ2) is 9.82. The number of anilines is 1. The summed E-state index contributed by atoms with van der Waals surface area (Å²) in [5, 5.41) is 6.92. The Morgan fingerprint density at radius 3 is 2.48 bits per heavy atom. The maximum atomic E-state index is 13.8. The molecule has 0 aliphatic rings. The number of amides is 2. The molecule has 166 valence electrons. The quantitative estimate of drug-likeness (QED) is 0.413. The normalized spacial score (nSPS) is 10.5. The van der Waals surface area contributed by atoms with Crippen LogP contribution in [0.15, 0.2) is 84.9 Å². The Morgan fingerprint density at radius 1 is 0.879 bits per heavy atom. The Balaban J connectivity index is 1.45. The zero-order valence-corrected chi connectivity index (χ0v) is 17.8. The van der Waals surface area contributed by atoms with Gasteiger partial charge in [0, 0.05) is 17.7 Å². The van der Waals surface area contributed by atoms with E-state index in [1.807, 2.05) is 30.3 Å². The first kappa shape index (κ1) is 21.8. The first-order chi connectivity index (χ1) is 16.0. The van der Waals surface area contributed by atoms with E-state index in [4.69, 9.17) is 9.47 Å². The van der Waals surface area contributed by atoms with Gasteiger partial charge in [0.15, 0.2) is 5.75 Å². The predicted octanol–water partition coefficient (Wildman–Crippen LogP) is 5.15. The Hall–Kier alpha value is -4.39. The number of nitrogens with one attached hydrogen (secondary N) is 2. The minimum Gasteiger partial charge on any atom is -0.497 e. The van der Waals surface area contributed by atoms with Crippen molar-refractivity contribution >= 4 is 28.3 Å². The van der Waals surface area contributed by atoms with E-state index in [0.29, 0.717) is 17.1 Å². The highest BCUT2D eigenvalue weighted by Crippen LogP contribution is 2.31. The molecular weight excluding hydrogens is 423 g/mol. The molecular formula is C26H21FN2O4. The molecule has 4 aromatic rings. The van der Waals surface area contributed by atoms with E-state index in [-0.39, 0.29) is 23.9 Å². The van der Waals surface area contributed by atoms with Crippen molar-refractivity contribution in [3.63, 3.8) is 0 Å². The van der Waals surface area contributed by atoms with Crippen LogP contribution in [0.2, 0.25) is 0 Å². The van der Waals surface area contributed by atoms with Crippen molar-refractivity contribution < 1.29 is 23.5 Å². The number of fused-ring (bicyclic) bond motifs is 1. The van der Waals surface area contributed by atoms with Gasteiger partial charge >= 0.3 is 0 Å². The molecule has 2 N–H and O–H groups in total. The lowest BCUT2D eigenvalue weighted by atomic mass is 10.0. The van der Waals surface area contributed by atoms with E-state index in [2.05, 4.69) is 10.6 Å². The summed E-state index contributed by atoms with van der Waals surface area (Å²) in [6.45, 7) is -0.294. The van der Waals surface area contributed by atoms with Gasteiger partial charge in [0.05, 0.1) is 19.3 Å². The SMILES string of the molecule is COc1cccc(Oc2ccc(F)cc2NC(=O)CNC(=O)c2cccc3ccccc23)c1. The molecule has 0 aliphatic carbocycles. The van der Waals surface area contributed by atoms with Crippen LogP contribution < -0.4 is 20.1 Å². The lowest BCUT2D eigenvalue weighted by molar-refractivity contribution is -0.115. The second-order valence-corrected chi connectivity index (χ2v) is 7.18. The van der Waals surface area contributed by atoms with Gasteiger partial charge in [-0.25, -0.2) is 4.39 Å². The van der Waals surface area contributed by atoms with Gasteiger partial charge in [-0.2, -0.15) is 0 Å². The molecule has 4 aromatic carbocycles. The third-order valence-electron chi connectivity index (χ3n) is 4.93. The Bertz CT molecular complexity index is 1320. The van der Waals surface area contributed by atoms with E-state index in [1.54, 1.807) is 36.4 Å². The molecule has 0 aromatic heterocycles. The zero-order valence-electron chi connectivity index (χ0n) is 17.8. The van der Waals surface area contributed by atoms with Crippen LogP contribution in [0, 0.1) is 5.82 Å². The first-order valence-corrected chi connectivity index (χ1v) is 10.2. The number of carbonyl (C=O) groups is 2. The molecule has 0 spiro atoms. The highest BCUT2D eigenvalue weighted by molar-refractivity contribution is 6.08. The Labute approximate surface area is 190 Å². The number of benzene rings is 4. The summed E-state index contributed by atoms with van der Waals surface area (Å²) in [5.74, 6) is -0.141. The smallest absolute Gasteiger partial charge is 0.252 e. The van der Waals surface area contributed by atoms with Crippen molar-refractivity contribution in [2.45, 2.75) is 0 Å². The van der Waals surface area contributed by atoms with E-state index in [9.17, 15) is 14.0 Å². The fourth-order valence-electron chi connectivity index (χ4n) is 3.35.